The van der Waals surface area contributed by atoms with Crippen LogP contribution in [0.5, 0.6) is 0 Å². The van der Waals surface area contributed by atoms with Gasteiger partial charge < -0.3 is 19.3 Å². The van der Waals surface area contributed by atoms with Crippen LogP contribution in [0.3, 0.4) is 0 Å². The monoisotopic (exact) mass is 352 g/mol. The van der Waals surface area contributed by atoms with E-state index in [4.69, 9.17) is 9.47 Å². The molecule has 23 heavy (non-hydrogen) atoms. The second-order valence-corrected chi connectivity index (χ2v) is 7.61. The Hall–Kier alpha value is -0.910. The highest BCUT2D eigenvalue weighted by Crippen LogP contribution is 2.63. The maximum absolute atomic E-state index is 12.4. The van der Waals surface area contributed by atoms with Gasteiger partial charge >= 0.3 is 19.5 Å². The van der Waals surface area contributed by atoms with Crippen molar-refractivity contribution in [3.05, 3.63) is 0 Å². The Balaban J connectivity index is 5.83. The summed E-state index contributed by atoms with van der Waals surface area (Å²) in [7, 11) is -4.83. The van der Waals surface area contributed by atoms with Gasteiger partial charge in [-0.2, -0.15) is 0 Å². The molecule has 2 N–H and O–H groups in total. The van der Waals surface area contributed by atoms with Crippen LogP contribution in [-0.2, 0) is 23.6 Å². The fourth-order valence-electron chi connectivity index (χ4n) is 3.03. The third-order valence-corrected chi connectivity index (χ3v) is 6.58. The van der Waals surface area contributed by atoms with Gasteiger partial charge in [-0.05, 0) is 45.4 Å². The number of hydrogen-bond acceptors (Lipinski definition) is 5. The summed E-state index contributed by atoms with van der Waals surface area (Å²) >= 11 is 0. The minimum absolute atomic E-state index is 0.00941. The fourth-order valence-corrected chi connectivity index (χ4v) is 4.37. The van der Waals surface area contributed by atoms with E-state index in [9.17, 15) is 23.9 Å². The zero-order valence-corrected chi connectivity index (χ0v) is 15.5. The van der Waals surface area contributed by atoms with Gasteiger partial charge in [0.05, 0.1) is 13.2 Å². The van der Waals surface area contributed by atoms with Crippen molar-refractivity contribution in [2.75, 3.05) is 13.2 Å². The largest absolute Gasteiger partial charge is 0.466 e. The van der Waals surface area contributed by atoms with Crippen LogP contribution in [0.4, 0.5) is 0 Å². The lowest BCUT2D eigenvalue weighted by molar-refractivity contribution is -0.153. The van der Waals surface area contributed by atoms with E-state index in [1.54, 1.807) is 27.7 Å². The summed E-state index contributed by atoms with van der Waals surface area (Å²) < 4.78 is 22.0. The fraction of sp³-hybridized carbons (Fsp3) is 0.867. The normalized spacial score (nSPS) is 14.9. The third-order valence-electron chi connectivity index (χ3n) is 4.75. The highest BCUT2D eigenvalue weighted by Gasteiger charge is 2.62. The average Bonchev–Trinajstić information content (AvgIpc) is 2.47. The number of esters is 2. The summed E-state index contributed by atoms with van der Waals surface area (Å²) in [6.45, 7) is 8.26. The summed E-state index contributed by atoms with van der Waals surface area (Å²) in [4.78, 5) is 43.9. The van der Waals surface area contributed by atoms with Crippen LogP contribution in [0.15, 0.2) is 0 Å². The topological polar surface area (TPSA) is 110 Å². The molecule has 0 radical (unpaired) electrons. The standard InChI is InChI=1S/C15H29O7P/c1-6-15(7-2,11-10-12(16)21-8-3)14(5,23(18,19)20)13(17)22-9-4/h6-11H2,1-5H3,(H2,18,19,20). The van der Waals surface area contributed by atoms with Crippen LogP contribution in [0.1, 0.15) is 60.3 Å². The molecule has 8 heteroatoms. The Morgan fingerprint density at radius 2 is 1.48 bits per heavy atom. The highest BCUT2D eigenvalue weighted by atomic mass is 31.2. The zero-order chi connectivity index (χ0) is 18.3. The number of carbonyl (C=O) groups is 2. The molecule has 1 unspecified atom stereocenters. The van der Waals surface area contributed by atoms with Crippen LogP contribution in [0, 0.1) is 5.41 Å². The summed E-state index contributed by atoms with van der Waals surface area (Å²) in [6.07, 6.45) is 0.774. The maximum atomic E-state index is 12.4. The van der Waals surface area contributed by atoms with Crippen molar-refractivity contribution in [3.63, 3.8) is 0 Å². The van der Waals surface area contributed by atoms with Crippen LogP contribution in [0.25, 0.3) is 0 Å². The summed E-state index contributed by atoms with van der Waals surface area (Å²) in [5, 5.41) is -2.01. The van der Waals surface area contributed by atoms with Gasteiger partial charge in [0.15, 0.2) is 5.16 Å². The molecule has 0 rings (SSSR count). The molecule has 0 bridgehead atoms. The van der Waals surface area contributed by atoms with Crippen molar-refractivity contribution < 1.29 is 33.4 Å². The minimum atomic E-state index is -4.83. The first kappa shape index (κ1) is 22.1. The molecule has 0 saturated heterocycles. The second kappa shape index (κ2) is 8.81. The lowest BCUT2D eigenvalue weighted by Crippen LogP contribution is -2.52. The number of carbonyl (C=O) groups excluding carboxylic acids is 2. The molecule has 0 aromatic heterocycles. The molecule has 0 aliphatic carbocycles. The summed E-state index contributed by atoms with van der Waals surface area (Å²) in [6, 6.07) is 0. The first-order valence-corrected chi connectivity index (χ1v) is 9.56. The van der Waals surface area contributed by atoms with Gasteiger partial charge in [0.1, 0.15) is 0 Å². The summed E-state index contributed by atoms with van der Waals surface area (Å²) in [5.41, 5.74) is -1.06. The zero-order valence-electron chi connectivity index (χ0n) is 14.6. The van der Waals surface area contributed by atoms with Gasteiger partial charge in [0.25, 0.3) is 0 Å². The number of rotatable bonds is 10. The Morgan fingerprint density at radius 3 is 1.83 bits per heavy atom. The summed E-state index contributed by atoms with van der Waals surface area (Å²) in [5.74, 6) is -1.38. The van der Waals surface area contributed by atoms with Gasteiger partial charge in [-0.15, -0.1) is 0 Å². The van der Waals surface area contributed by atoms with Gasteiger partial charge in [-0.25, -0.2) is 0 Å². The molecule has 0 aromatic carbocycles. The molecule has 136 valence electrons. The molecule has 1 atom stereocenters. The third kappa shape index (κ3) is 4.55. The molecule has 0 spiro atoms. The van der Waals surface area contributed by atoms with E-state index in [1.807, 2.05) is 0 Å². The van der Waals surface area contributed by atoms with Crippen molar-refractivity contribution in [2.24, 2.45) is 5.41 Å². The molecule has 0 heterocycles. The highest BCUT2D eigenvalue weighted by molar-refractivity contribution is 7.54. The van der Waals surface area contributed by atoms with E-state index < -0.39 is 30.1 Å². The molecule has 0 amide bonds. The SMILES string of the molecule is CCOC(=O)CCC(CC)(CC)C(C)(C(=O)OCC)P(=O)(O)O. The molecule has 0 aromatic rings. The van der Waals surface area contributed by atoms with Crippen LogP contribution in [0.2, 0.25) is 0 Å². The van der Waals surface area contributed by atoms with Crippen LogP contribution < -0.4 is 0 Å². The minimum Gasteiger partial charge on any atom is -0.466 e. The molecule has 0 fully saturated rings. The molecule has 0 aliphatic rings. The predicted octanol–water partition coefficient (Wildman–Crippen LogP) is 2.64. The van der Waals surface area contributed by atoms with Gasteiger partial charge in [-0.1, -0.05) is 13.8 Å². The van der Waals surface area contributed by atoms with Crippen molar-refractivity contribution >= 4 is 19.5 Å². The first-order chi connectivity index (χ1) is 10.6. The van der Waals surface area contributed by atoms with E-state index in [1.165, 1.54) is 6.92 Å². The van der Waals surface area contributed by atoms with E-state index in [0.29, 0.717) is 12.8 Å². The molecular formula is C15H29O7P. The number of hydrogen-bond donors (Lipinski definition) is 2. The Kier molecular flexibility index (Phi) is 8.46. The van der Waals surface area contributed by atoms with E-state index in [-0.39, 0.29) is 26.1 Å². The van der Waals surface area contributed by atoms with Crippen LogP contribution >= 0.6 is 7.60 Å². The van der Waals surface area contributed by atoms with Gasteiger partial charge in [-0.3, -0.25) is 14.2 Å². The predicted molar refractivity (Wildman–Crippen MR) is 86.0 cm³/mol. The van der Waals surface area contributed by atoms with Crippen molar-refractivity contribution in [3.8, 4) is 0 Å². The first-order valence-electron chi connectivity index (χ1n) is 7.94. The Bertz CT molecular complexity index is 453. The van der Waals surface area contributed by atoms with E-state index >= 15 is 0 Å². The van der Waals surface area contributed by atoms with E-state index in [2.05, 4.69) is 0 Å². The molecular weight excluding hydrogens is 323 g/mol. The van der Waals surface area contributed by atoms with Crippen molar-refractivity contribution in [1.29, 1.82) is 0 Å². The van der Waals surface area contributed by atoms with Crippen molar-refractivity contribution in [1.82, 2.24) is 0 Å². The Morgan fingerprint density at radius 1 is 1.00 bits per heavy atom. The second-order valence-electron chi connectivity index (χ2n) is 5.63. The number of ether oxygens (including phenoxy) is 2. The average molecular weight is 352 g/mol. The lowest BCUT2D eigenvalue weighted by atomic mass is 9.68. The van der Waals surface area contributed by atoms with Gasteiger partial charge in [0.2, 0.25) is 0 Å². The lowest BCUT2D eigenvalue weighted by Gasteiger charge is -2.46. The smallest absolute Gasteiger partial charge is 0.343 e. The quantitative estimate of drug-likeness (QED) is 0.459. The molecule has 0 saturated carbocycles. The van der Waals surface area contributed by atoms with E-state index in [0.717, 1.165) is 0 Å². The maximum Gasteiger partial charge on any atom is 0.343 e. The van der Waals surface area contributed by atoms with Gasteiger partial charge in [0, 0.05) is 6.42 Å². The molecule has 7 nitrogen and oxygen atoms in total. The Labute approximate surface area is 137 Å². The van der Waals surface area contributed by atoms with Crippen LogP contribution in [-0.4, -0.2) is 40.1 Å². The molecule has 0 aliphatic heterocycles. The van der Waals surface area contributed by atoms with Crippen molar-refractivity contribution in [2.45, 2.75) is 65.5 Å².